The summed E-state index contributed by atoms with van der Waals surface area (Å²) in [7, 11) is 0. The highest BCUT2D eigenvalue weighted by molar-refractivity contribution is 6.00. The van der Waals surface area contributed by atoms with Gasteiger partial charge in [0.1, 0.15) is 11.5 Å². The maximum absolute atomic E-state index is 13.8. The summed E-state index contributed by atoms with van der Waals surface area (Å²) in [5.74, 6) is -1.92. The van der Waals surface area contributed by atoms with Gasteiger partial charge in [-0.2, -0.15) is 0 Å². The van der Waals surface area contributed by atoms with Crippen molar-refractivity contribution in [3.8, 4) is 0 Å². The summed E-state index contributed by atoms with van der Waals surface area (Å²) in [4.78, 5) is 28.9. The van der Waals surface area contributed by atoms with Gasteiger partial charge in [0.25, 0.3) is 5.91 Å². The molecule has 1 aromatic carbocycles. The van der Waals surface area contributed by atoms with E-state index < -0.39 is 29.3 Å². The second-order valence-electron chi connectivity index (χ2n) is 6.39. The molecule has 1 atom stereocenters. The van der Waals surface area contributed by atoms with E-state index in [2.05, 4.69) is 4.98 Å². The predicted molar refractivity (Wildman–Crippen MR) is 83.3 cm³/mol. The SMILES string of the molecule is O=C(O)C1N(C(=O)c2cc3c(F)cccc3[nH]2)CCOC12CCC2. The van der Waals surface area contributed by atoms with Crippen LogP contribution in [-0.4, -0.2) is 51.7 Å². The number of aromatic nitrogens is 1. The fourth-order valence-electron chi connectivity index (χ4n) is 3.75. The number of rotatable bonds is 2. The molecule has 2 fully saturated rings. The maximum Gasteiger partial charge on any atom is 0.329 e. The molecule has 2 aromatic rings. The largest absolute Gasteiger partial charge is 0.480 e. The van der Waals surface area contributed by atoms with Gasteiger partial charge in [-0.05, 0) is 37.5 Å². The summed E-state index contributed by atoms with van der Waals surface area (Å²) < 4.78 is 19.6. The van der Waals surface area contributed by atoms with Crippen LogP contribution in [0.4, 0.5) is 4.39 Å². The molecule has 1 spiro atoms. The molecular formula is C17H17FN2O4. The van der Waals surface area contributed by atoms with Gasteiger partial charge in [-0.15, -0.1) is 0 Å². The van der Waals surface area contributed by atoms with Gasteiger partial charge in [-0.3, -0.25) is 4.79 Å². The van der Waals surface area contributed by atoms with Crippen LogP contribution in [0, 0.1) is 5.82 Å². The van der Waals surface area contributed by atoms with Gasteiger partial charge >= 0.3 is 5.97 Å². The number of ether oxygens (including phenoxy) is 1. The van der Waals surface area contributed by atoms with Crippen molar-refractivity contribution in [2.75, 3.05) is 13.2 Å². The third-order valence-electron chi connectivity index (χ3n) is 5.07. The quantitative estimate of drug-likeness (QED) is 0.883. The van der Waals surface area contributed by atoms with Gasteiger partial charge in [-0.1, -0.05) is 6.07 Å². The number of fused-ring (bicyclic) bond motifs is 1. The summed E-state index contributed by atoms with van der Waals surface area (Å²) in [5, 5.41) is 9.96. The normalized spacial score (nSPS) is 22.5. The number of carboxylic acids is 1. The van der Waals surface area contributed by atoms with Crippen LogP contribution in [0.25, 0.3) is 10.9 Å². The molecule has 0 radical (unpaired) electrons. The topological polar surface area (TPSA) is 82.6 Å². The van der Waals surface area contributed by atoms with Crippen LogP contribution in [0.1, 0.15) is 29.8 Å². The molecule has 1 aliphatic carbocycles. The Morgan fingerprint density at radius 1 is 1.38 bits per heavy atom. The van der Waals surface area contributed by atoms with E-state index in [4.69, 9.17) is 4.74 Å². The van der Waals surface area contributed by atoms with Gasteiger partial charge in [-0.25, -0.2) is 9.18 Å². The van der Waals surface area contributed by atoms with Gasteiger partial charge < -0.3 is 19.7 Å². The van der Waals surface area contributed by atoms with Crippen LogP contribution in [0.5, 0.6) is 0 Å². The first-order chi connectivity index (χ1) is 11.5. The Morgan fingerprint density at radius 3 is 2.79 bits per heavy atom. The number of nitrogens with one attached hydrogen (secondary N) is 1. The van der Waals surface area contributed by atoms with Crippen LogP contribution >= 0.6 is 0 Å². The van der Waals surface area contributed by atoms with E-state index in [1.54, 1.807) is 12.1 Å². The van der Waals surface area contributed by atoms with Crippen molar-refractivity contribution < 1.29 is 23.8 Å². The lowest BCUT2D eigenvalue weighted by Gasteiger charge is -2.52. The van der Waals surface area contributed by atoms with E-state index >= 15 is 0 Å². The fraction of sp³-hybridized carbons (Fsp3) is 0.412. The van der Waals surface area contributed by atoms with Gasteiger partial charge in [0.2, 0.25) is 0 Å². The maximum atomic E-state index is 13.8. The van der Waals surface area contributed by atoms with E-state index in [0.717, 1.165) is 6.42 Å². The molecule has 2 aliphatic rings. The third kappa shape index (κ3) is 2.11. The first-order valence-electron chi connectivity index (χ1n) is 7.97. The molecule has 2 N–H and O–H groups in total. The van der Waals surface area contributed by atoms with Crippen LogP contribution in [0.3, 0.4) is 0 Å². The molecule has 24 heavy (non-hydrogen) atoms. The van der Waals surface area contributed by atoms with Crippen molar-refractivity contribution in [3.05, 3.63) is 35.8 Å². The number of nitrogens with zero attached hydrogens (tertiary/aromatic N) is 1. The zero-order valence-electron chi connectivity index (χ0n) is 12.9. The van der Waals surface area contributed by atoms with Gasteiger partial charge in [0.15, 0.2) is 6.04 Å². The summed E-state index contributed by atoms with van der Waals surface area (Å²) >= 11 is 0. The highest BCUT2D eigenvalue weighted by atomic mass is 19.1. The first-order valence-corrected chi connectivity index (χ1v) is 7.97. The molecule has 1 aromatic heterocycles. The molecule has 1 unspecified atom stereocenters. The number of H-pyrrole nitrogens is 1. The molecule has 1 saturated heterocycles. The monoisotopic (exact) mass is 332 g/mol. The number of aromatic amines is 1. The van der Waals surface area contributed by atoms with E-state index in [-0.39, 0.29) is 12.2 Å². The summed E-state index contributed by atoms with van der Waals surface area (Å²) in [5.41, 5.74) is -0.0774. The summed E-state index contributed by atoms with van der Waals surface area (Å²) in [6.07, 6.45) is 2.16. The summed E-state index contributed by atoms with van der Waals surface area (Å²) in [6, 6.07) is 4.98. The number of carbonyl (C=O) groups is 2. The second kappa shape index (κ2) is 5.31. The number of carboxylic acid groups (broad SMARTS) is 1. The van der Waals surface area contributed by atoms with Crippen LogP contribution in [0.15, 0.2) is 24.3 Å². The van der Waals surface area contributed by atoms with Crippen LogP contribution < -0.4 is 0 Å². The summed E-state index contributed by atoms with van der Waals surface area (Å²) in [6.45, 7) is 0.513. The number of hydrogen-bond donors (Lipinski definition) is 2. The Hall–Kier alpha value is -2.41. The lowest BCUT2D eigenvalue weighted by Crippen LogP contribution is -2.67. The number of halogens is 1. The Kier molecular flexibility index (Phi) is 3.35. The zero-order valence-corrected chi connectivity index (χ0v) is 12.9. The Labute approximate surface area is 137 Å². The van der Waals surface area contributed by atoms with E-state index in [0.29, 0.717) is 30.4 Å². The van der Waals surface area contributed by atoms with Crippen molar-refractivity contribution in [3.63, 3.8) is 0 Å². The van der Waals surface area contributed by atoms with Crippen molar-refractivity contribution in [1.29, 1.82) is 0 Å². The van der Waals surface area contributed by atoms with Crippen LogP contribution in [0.2, 0.25) is 0 Å². The van der Waals surface area contributed by atoms with Crippen molar-refractivity contribution in [2.24, 2.45) is 0 Å². The highest BCUT2D eigenvalue weighted by Crippen LogP contribution is 2.43. The fourth-order valence-corrected chi connectivity index (χ4v) is 3.75. The molecule has 7 heteroatoms. The van der Waals surface area contributed by atoms with Gasteiger partial charge in [0.05, 0.1) is 12.2 Å². The second-order valence-corrected chi connectivity index (χ2v) is 6.39. The smallest absolute Gasteiger partial charge is 0.329 e. The minimum atomic E-state index is -1.06. The highest BCUT2D eigenvalue weighted by Gasteiger charge is 2.55. The number of amides is 1. The number of morpholine rings is 1. The average Bonchev–Trinajstić information content (AvgIpc) is 2.97. The van der Waals surface area contributed by atoms with Gasteiger partial charge in [0, 0.05) is 17.4 Å². The Morgan fingerprint density at radius 2 is 2.17 bits per heavy atom. The molecule has 0 bridgehead atoms. The van der Waals surface area contributed by atoms with Crippen LogP contribution in [-0.2, 0) is 9.53 Å². The Balaban J connectivity index is 1.71. The number of carbonyl (C=O) groups excluding carboxylic acids is 1. The molecule has 1 saturated carbocycles. The lowest BCUT2D eigenvalue weighted by atomic mass is 9.73. The number of hydrogen-bond acceptors (Lipinski definition) is 3. The molecular weight excluding hydrogens is 315 g/mol. The predicted octanol–water partition coefficient (Wildman–Crippen LogP) is 2.16. The average molecular weight is 332 g/mol. The van der Waals surface area contributed by atoms with E-state index in [1.165, 1.54) is 17.0 Å². The lowest BCUT2D eigenvalue weighted by molar-refractivity contribution is -0.193. The minimum Gasteiger partial charge on any atom is -0.480 e. The van der Waals surface area contributed by atoms with Crippen molar-refractivity contribution in [2.45, 2.75) is 30.9 Å². The molecule has 1 aliphatic heterocycles. The van der Waals surface area contributed by atoms with E-state index in [9.17, 15) is 19.1 Å². The van der Waals surface area contributed by atoms with Crippen molar-refractivity contribution in [1.82, 2.24) is 9.88 Å². The standard InChI is InChI=1S/C17H17FN2O4/c18-11-3-1-4-12-10(11)9-13(19-12)15(21)20-7-8-24-17(5-2-6-17)14(20)16(22)23/h1,3-4,9,14,19H,2,5-8H2,(H,22,23). The number of benzene rings is 1. The molecule has 2 heterocycles. The molecule has 6 nitrogen and oxygen atoms in total. The Bertz CT molecular complexity index is 827. The molecule has 1 amide bonds. The molecule has 4 rings (SSSR count). The number of aliphatic carboxylic acids is 1. The van der Waals surface area contributed by atoms with E-state index in [1.807, 2.05) is 0 Å². The molecule has 126 valence electrons. The van der Waals surface area contributed by atoms with Crippen molar-refractivity contribution >= 4 is 22.8 Å². The zero-order chi connectivity index (χ0) is 16.9. The first kappa shape index (κ1) is 15.1. The minimum absolute atomic E-state index is 0.192. The third-order valence-corrected chi connectivity index (χ3v) is 5.07.